The Balaban J connectivity index is 1.52. The van der Waals surface area contributed by atoms with Gasteiger partial charge in [-0.2, -0.15) is 5.10 Å². The van der Waals surface area contributed by atoms with Gasteiger partial charge in [0, 0.05) is 36.6 Å². The van der Waals surface area contributed by atoms with Crippen molar-refractivity contribution in [2.75, 3.05) is 11.9 Å². The highest BCUT2D eigenvalue weighted by Crippen LogP contribution is 2.22. The average molecular weight is 451 g/mol. The van der Waals surface area contributed by atoms with Crippen molar-refractivity contribution in [1.29, 1.82) is 0 Å². The normalized spacial score (nSPS) is 10.7. The van der Waals surface area contributed by atoms with Gasteiger partial charge < -0.3 is 10.6 Å². The molecule has 0 aliphatic heterocycles. The molecule has 1 amide bonds. The quantitative estimate of drug-likeness (QED) is 0.349. The number of rotatable bonds is 8. The zero-order valence-electron chi connectivity index (χ0n) is 17.0. The minimum absolute atomic E-state index is 0.234. The molecular weight excluding hydrogens is 431 g/mol. The highest BCUT2D eigenvalue weighted by Gasteiger charge is 2.15. The molecule has 0 saturated heterocycles. The van der Waals surface area contributed by atoms with Gasteiger partial charge >= 0.3 is 0 Å². The van der Waals surface area contributed by atoms with Gasteiger partial charge in [-0.1, -0.05) is 29.8 Å². The van der Waals surface area contributed by atoms with Crippen LogP contribution in [0.4, 0.5) is 10.2 Å². The second-order valence-electron chi connectivity index (χ2n) is 7.02. The number of anilines is 1. The second kappa shape index (κ2) is 10.0. The van der Waals surface area contributed by atoms with Crippen LogP contribution in [0.3, 0.4) is 0 Å². The first-order chi connectivity index (χ1) is 15.6. The van der Waals surface area contributed by atoms with Crippen molar-refractivity contribution in [1.82, 2.24) is 25.5 Å². The van der Waals surface area contributed by atoms with Crippen molar-refractivity contribution in [2.45, 2.75) is 13.0 Å². The Hall–Kier alpha value is -3.78. The lowest BCUT2D eigenvalue weighted by molar-refractivity contribution is 0.0951. The van der Waals surface area contributed by atoms with Crippen molar-refractivity contribution in [2.24, 2.45) is 0 Å². The molecule has 0 atom stereocenters. The molecule has 3 aromatic heterocycles. The Bertz CT molecular complexity index is 1210. The summed E-state index contributed by atoms with van der Waals surface area (Å²) in [6, 6.07) is 13.4. The van der Waals surface area contributed by atoms with E-state index < -0.39 is 0 Å². The molecule has 0 spiro atoms. The zero-order valence-corrected chi connectivity index (χ0v) is 17.7. The number of halogens is 2. The van der Waals surface area contributed by atoms with E-state index in [4.69, 9.17) is 11.6 Å². The topological polar surface area (TPSA) is 95.6 Å². The third-order valence-corrected chi connectivity index (χ3v) is 5.15. The van der Waals surface area contributed by atoms with Crippen molar-refractivity contribution >= 4 is 23.3 Å². The van der Waals surface area contributed by atoms with Crippen LogP contribution < -0.4 is 10.6 Å². The van der Waals surface area contributed by atoms with Crippen molar-refractivity contribution in [3.63, 3.8) is 0 Å². The molecule has 162 valence electrons. The summed E-state index contributed by atoms with van der Waals surface area (Å²) in [5.74, 6) is -0.156. The number of benzene rings is 1. The number of carbonyl (C=O) groups is 1. The van der Waals surface area contributed by atoms with Crippen LogP contribution in [0.2, 0.25) is 5.15 Å². The Morgan fingerprint density at radius 1 is 1.16 bits per heavy atom. The summed E-state index contributed by atoms with van der Waals surface area (Å²) in [5, 5.41) is 13.1. The smallest absolute Gasteiger partial charge is 0.255 e. The molecule has 1 aromatic carbocycles. The van der Waals surface area contributed by atoms with E-state index in [1.807, 2.05) is 6.07 Å². The standard InChI is InChI=1S/C23H20ClFN6O/c24-21-16(4-2-9-26-21)12-28-23(32)19-6-7-20(17-13-29-30-14-17)31-22(19)27-10-8-15-3-1-5-18(25)11-15/h1-7,9,11,13-14H,8,10,12H2,(H,27,31)(H,28,32)(H,29,30). The molecular formula is C23H20ClFN6O. The lowest BCUT2D eigenvalue weighted by Gasteiger charge is -2.13. The number of nitrogens with one attached hydrogen (secondary N) is 3. The number of H-pyrrole nitrogens is 1. The molecule has 0 fully saturated rings. The van der Waals surface area contributed by atoms with Gasteiger partial charge in [-0.25, -0.2) is 14.4 Å². The molecule has 7 nitrogen and oxygen atoms in total. The summed E-state index contributed by atoms with van der Waals surface area (Å²) in [5.41, 5.74) is 3.41. The van der Waals surface area contributed by atoms with E-state index in [9.17, 15) is 9.18 Å². The largest absolute Gasteiger partial charge is 0.369 e. The molecule has 32 heavy (non-hydrogen) atoms. The third-order valence-electron chi connectivity index (χ3n) is 4.80. The maximum absolute atomic E-state index is 13.4. The van der Waals surface area contributed by atoms with Gasteiger partial charge in [0.1, 0.15) is 16.8 Å². The van der Waals surface area contributed by atoms with E-state index in [1.54, 1.807) is 48.9 Å². The van der Waals surface area contributed by atoms with Crippen LogP contribution in [0.5, 0.6) is 0 Å². The first-order valence-corrected chi connectivity index (χ1v) is 10.3. The van der Waals surface area contributed by atoms with E-state index in [-0.39, 0.29) is 18.3 Å². The molecule has 0 radical (unpaired) electrons. The van der Waals surface area contributed by atoms with Crippen LogP contribution in [0, 0.1) is 5.82 Å². The predicted octanol–water partition coefficient (Wildman–Crippen LogP) is 4.24. The maximum Gasteiger partial charge on any atom is 0.255 e. The van der Waals surface area contributed by atoms with Crippen LogP contribution >= 0.6 is 11.6 Å². The lowest BCUT2D eigenvalue weighted by atomic mass is 10.1. The van der Waals surface area contributed by atoms with E-state index in [1.165, 1.54) is 12.1 Å². The molecule has 0 unspecified atom stereocenters. The fourth-order valence-electron chi connectivity index (χ4n) is 3.17. The third kappa shape index (κ3) is 5.28. The van der Waals surface area contributed by atoms with E-state index in [0.717, 1.165) is 11.1 Å². The van der Waals surface area contributed by atoms with Gasteiger partial charge in [-0.05, 0) is 42.3 Å². The summed E-state index contributed by atoms with van der Waals surface area (Å²) in [4.78, 5) is 21.5. The minimum atomic E-state index is -0.301. The number of hydrogen-bond acceptors (Lipinski definition) is 5. The first kappa shape index (κ1) is 21.5. The Labute approximate surface area is 189 Å². The average Bonchev–Trinajstić information content (AvgIpc) is 3.33. The van der Waals surface area contributed by atoms with Crippen LogP contribution in [0.25, 0.3) is 11.3 Å². The number of amides is 1. The molecule has 0 saturated carbocycles. The van der Waals surface area contributed by atoms with Gasteiger partial charge in [0.15, 0.2) is 0 Å². The number of hydrogen-bond donors (Lipinski definition) is 3. The summed E-state index contributed by atoms with van der Waals surface area (Å²) in [7, 11) is 0. The Kier molecular flexibility index (Phi) is 6.72. The van der Waals surface area contributed by atoms with Crippen LogP contribution in [0.1, 0.15) is 21.5 Å². The molecule has 0 bridgehead atoms. The van der Waals surface area contributed by atoms with Crippen LogP contribution in [-0.4, -0.2) is 32.6 Å². The van der Waals surface area contributed by atoms with Gasteiger partial charge in [-0.3, -0.25) is 9.89 Å². The summed E-state index contributed by atoms with van der Waals surface area (Å²) >= 11 is 6.08. The molecule has 4 aromatic rings. The monoisotopic (exact) mass is 450 g/mol. The van der Waals surface area contributed by atoms with Gasteiger partial charge in [0.25, 0.3) is 5.91 Å². The van der Waals surface area contributed by atoms with Crippen LogP contribution in [-0.2, 0) is 13.0 Å². The predicted molar refractivity (Wildman–Crippen MR) is 121 cm³/mol. The number of aromatic amines is 1. The molecule has 0 aliphatic carbocycles. The minimum Gasteiger partial charge on any atom is -0.369 e. The summed E-state index contributed by atoms with van der Waals surface area (Å²) in [6.45, 7) is 0.706. The lowest BCUT2D eigenvalue weighted by Crippen LogP contribution is -2.25. The van der Waals surface area contributed by atoms with E-state index in [0.29, 0.717) is 40.8 Å². The van der Waals surface area contributed by atoms with Crippen molar-refractivity contribution in [3.8, 4) is 11.3 Å². The fraction of sp³-hybridized carbons (Fsp3) is 0.130. The fourth-order valence-corrected chi connectivity index (χ4v) is 3.35. The molecule has 3 heterocycles. The first-order valence-electron chi connectivity index (χ1n) is 9.96. The SMILES string of the molecule is O=C(NCc1cccnc1Cl)c1ccc(-c2cn[nH]c2)nc1NCCc1cccc(F)c1. The van der Waals surface area contributed by atoms with Crippen molar-refractivity contribution < 1.29 is 9.18 Å². The zero-order chi connectivity index (χ0) is 22.3. The van der Waals surface area contributed by atoms with Crippen LogP contribution in [0.15, 0.2) is 67.1 Å². The Morgan fingerprint density at radius 2 is 2.06 bits per heavy atom. The number of aromatic nitrogens is 4. The van der Waals surface area contributed by atoms with Crippen molar-refractivity contribution in [3.05, 3.63) is 94.8 Å². The second-order valence-corrected chi connectivity index (χ2v) is 7.38. The number of pyridine rings is 2. The molecule has 0 aliphatic rings. The summed E-state index contributed by atoms with van der Waals surface area (Å²) < 4.78 is 13.4. The Morgan fingerprint density at radius 3 is 2.84 bits per heavy atom. The number of nitrogens with zero attached hydrogens (tertiary/aromatic N) is 3. The highest BCUT2D eigenvalue weighted by molar-refractivity contribution is 6.30. The maximum atomic E-state index is 13.4. The van der Waals surface area contributed by atoms with E-state index in [2.05, 4.69) is 30.8 Å². The summed E-state index contributed by atoms with van der Waals surface area (Å²) in [6.07, 6.45) is 5.54. The van der Waals surface area contributed by atoms with Gasteiger partial charge in [0.05, 0.1) is 17.5 Å². The number of carbonyl (C=O) groups excluding carboxylic acids is 1. The molecule has 3 N–H and O–H groups in total. The van der Waals surface area contributed by atoms with Gasteiger partial charge in [0.2, 0.25) is 0 Å². The molecule has 9 heteroatoms. The molecule has 4 rings (SSSR count). The highest BCUT2D eigenvalue weighted by atomic mass is 35.5. The van der Waals surface area contributed by atoms with E-state index >= 15 is 0 Å². The van der Waals surface area contributed by atoms with Gasteiger partial charge in [-0.15, -0.1) is 0 Å².